The van der Waals surface area contributed by atoms with Gasteiger partial charge in [0, 0.05) is 11.3 Å². The van der Waals surface area contributed by atoms with Gasteiger partial charge in [0.1, 0.15) is 11.5 Å². The first-order valence-corrected chi connectivity index (χ1v) is 7.85. The fourth-order valence-corrected chi connectivity index (χ4v) is 2.87. The average molecular weight is 300 g/mol. The zero-order valence-corrected chi connectivity index (χ0v) is 13.1. The first kappa shape index (κ1) is 16.8. The van der Waals surface area contributed by atoms with E-state index in [2.05, 4.69) is 19.2 Å². The van der Waals surface area contributed by atoms with Gasteiger partial charge in [-0.3, -0.25) is 10.1 Å². The number of hydrogen-bond donors (Lipinski definition) is 1. The summed E-state index contributed by atoms with van der Waals surface area (Å²) in [6.07, 6.45) is 3.97. The van der Waals surface area contributed by atoms with Gasteiger partial charge in [0.25, 0.3) is 5.69 Å². The minimum absolute atomic E-state index is 0.0379. The van der Waals surface area contributed by atoms with Crippen molar-refractivity contribution in [1.29, 1.82) is 0 Å². The van der Waals surface area contributed by atoms with Gasteiger partial charge in [0.05, 0.1) is 11.0 Å². The highest BCUT2D eigenvalue weighted by Crippen LogP contribution is 2.33. The predicted octanol–water partition coefficient (Wildman–Crippen LogP) is 4.38. The fourth-order valence-electron chi connectivity index (χ4n) is 2.08. The molecule has 0 heterocycles. The largest absolute Gasteiger partial charge is 0.378 e. The molecule has 1 aromatic carbocycles. The summed E-state index contributed by atoms with van der Waals surface area (Å²) in [6.45, 7) is 6.43. The number of anilines is 1. The molecule has 20 heavy (non-hydrogen) atoms. The van der Waals surface area contributed by atoms with Crippen LogP contribution in [0.1, 0.15) is 32.3 Å². The maximum atomic E-state index is 13.5. The summed E-state index contributed by atoms with van der Waals surface area (Å²) in [6, 6.07) is 2.49. The van der Waals surface area contributed by atoms with Gasteiger partial charge in [0.2, 0.25) is 0 Å². The minimum atomic E-state index is -0.552. The highest BCUT2D eigenvalue weighted by molar-refractivity contribution is 8.00. The Morgan fingerprint density at radius 3 is 2.45 bits per heavy atom. The zero-order chi connectivity index (χ0) is 15.3. The number of aryl methyl sites for hydroxylation is 1. The first-order valence-electron chi connectivity index (χ1n) is 6.62. The van der Waals surface area contributed by atoms with Crippen LogP contribution >= 0.6 is 11.8 Å². The highest BCUT2D eigenvalue weighted by atomic mass is 32.2. The van der Waals surface area contributed by atoms with Gasteiger partial charge in [-0.15, -0.1) is 0 Å². The molecule has 0 unspecified atom stereocenters. The summed E-state index contributed by atoms with van der Waals surface area (Å²) in [5.41, 5.74) is 0.574. The molecule has 1 N–H and O–H groups in total. The van der Waals surface area contributed by atoms with Crippen LogP contribution in [0, 0.1) is 22.9 Å². The van der Waals surface area contributed by atoms with Crippen LogP contribution in [0.15, 0.2) is 12.1 Å². The summed E-state index contributed by atoms with van der Waals surface area (Å²) < 4.78 is 13.5. The number of nitrogens with zero attached hydrogens (tertiary/aromatic N) is 1. The standard InChI is InChI=1S/C14H21FN2O2S/c1-5-14(6-2,20-4)9-16-12-7-10(3)11(15)8-13(12)17(18)19/h7-8,16H,5-6,9H2,1-4H3. The average Bonchev–Trinajstić information content (AvgIpc) is 2.44. The van der Waals surface area contributed by atoms with Gasteiger partial charge in [-0.05, 0) is 37.7 Å². The van der Waals surface area contributed by atoms with Gasteiger partial charge in [0.15, 0.2) is 0 Å². The van der Waals surface area contributed by atoms with E-state index in [1.54, 1.807) is 18.7 Å². The number of halogens is 1. The van der Waals surface area contributed by atoms with Crippen LogP contribution < -0.4 is 5.32 Å². The number of hydrogen-bond acceptors (Lipinski definition) is 4. The van der Waals surface area contributed by atoms with Crippen LogP contribution in [0.25, 0.3) is 0 Å². The number of nitro groups is 1. The van der Waals surface area contributed by atoms with E-state index in [0.29, 0.717) is 17.8 Å². The fraction of sp³-hybridized carbons (Fsp3) is 0.571. The summed E-state index contributed by atoms with van der Waals surface area (Å²) in [7, 11) is 0. The number of rotatable bonds is 7. The maximum absolute atomic E-state index is 13.5. The smallest absolute Gasteiger partial charge is 0.295 e. The number of nitrogens with one attached hydrogen (secondary N) is 1. The molecule has 0 spiro atoms. The monoisotopic (exact) mass is 300 g/mol. The third kappa shape index (κ3) is 3.62. The van der Waals surface area contributed by atoms with Crippen LogP contribution in [0.5, 0.6) is 0 Å². The lowest BCUT2D eigenvalue weighted by Gasteiger charge is -2.30. The topological polar surface area (TPSA) is 55.2 Å². The molecule has 0 bridgehead atoms. The molecule has 4 nitrogen and oxygen atoms in total. The molecule has 1 rings (SSSR count). The normalized spacial score (nSPS) is 11.4. The van der Waals surface area contributed by atoms with E-state index in [9.17, 15) is 14.5 Å². The van der Waals surface area contributed by atoms with Gasteiger partial charge < -0.3 is 5.32 Å². The molecule has 112 valence electrons. The van der Waals surface area contributed by atoms with Gasteiger partial charge in [-0.25, -0.2) is 4.39 Å². The second kappa shape index (κ2) is 6.92. The Morgan fingerprint density at radius 2 is 2.00 bits per heavy atom. The van der Waals surface area contributed by atoms with Gasteiger partial charge in [-0.2, -0.15) is 11.8 Å². The lowest BCUT2D eigenvalue weighted by molar-refractivity contribution is -0.384. The van der Waals surface area contributed by atoms with Crippen molar-refractivity contribution in [2.45, 2.75) is 38.4 Å². The van der Waals surface area contributed by atoms with Gasteiger partial charge >= 0.3 is 0 Å². The molecule has 6 heteroatoms. The molecule has 0 aliphatic rings. The van der Waals surface area contributed by atoms with Crippen LogP contribution in [0.4, 0.5) is 15.8 Å². The quantitative estimate of drug-likeness (QED) is 0.600. The van der Waals surface area contributed by atoms with Gasteiger partial charge in [-0.1, -0.05) is 13.8 Å². The van der Waals surface area contributed by atoms with Crippen LogP contribution in [0.3, 0.4) is 0 Å². The lowest BCUT2D eigenvalue weighted by Crippen LogP contribution is -2.32. The SMILES string of the molecule is CCC(CC)(CNc1cc(C)c(F)cc1[N+](=O)[O-])SC. The van der Waals surface area contributed by atoms with Crippen molar-refractivity contribution in [2.75, 3.05) is 18.1 Å². The zero-order valence-electron chi connectivity index (χ0n) is 12.3. The molecule has 0 saturated carbocycles. The molecular formula is C14H21FN2O2S. The predicted molar refractivity (Wildman–Crippen MR) is 83.1 cm³/mol. The van der Waals surface area contributed by atoms with Crippen molar-refractivity contribution < 1.29 is 9.31 Å². The summed E-state index contributed by atoms with van der Waals surface area (Å²) >= 11 is 1.75. The van der Waals surface area contributed by atoms with Crippen molar-refractivity contribution in [3.8, 4) is 0 Å². The van der Waals surface area contributed by atoms with E-state index in [1.165, 1.54) is 6.07 Å². The maximum Gasteiger partial charge on any atom is 0.295 e. The first-order chi connectivity index (χ1) is 9.39. The third-order valence-corrected chi connectivity index (χ3v) is 5.38. The molecule has 0 radical (unpaired) electrons. The molecule has 0 saturated heterocycles. The van der Waals surface area contributed by atoms with E-state index < -0.39 is 10.7 Å². The number of benzene rings is 1. The van der Waals surface area contributed by atoms with Crippen LogP contribution in [-0.2, 0) is 0 Å². The van der Waals surface area contributed by atoms with Crippen molar-refractivity contribution in [2.24, 2.45) is 0 Å². The van der Waals surface area contributed by atoms with Crippen molar-refractivity contribution in [1.82, 2.24) is 0 Å². The van der Waals surface area contributed by atoms with E-state index in [4.69, 9.17) is 0 Å². The van der Waals surface area contributed by atoms with E-state index in [-0.39, 0.29) is 10.4 Å². The molecule has 1 aromatic rings. The van der Waals surface area contributed by atoms with Crippen molar-refractivity contribution in [3.05, 3.63) is 33.6 Å². The van der Waals surface area contributed by atoms with Crippen molar-refractivity contribution in [3.63, 3.8) is 0 Å². The van der Waals surface area contributed by atoms with Crippen molar-refractivity contribution >= 4 is 23.1 Å². The Morgan fingerprint density at radius 1 is 1.40 bits per heavy atom. The highest BCUT2D eigenvalue weighted by Gasteiger charge is 2.26. The summed E-state index contributed by atoms with van der Waals surface area (Å²) in [5.74, 6) is -0.552. The Hall–Kier alpha value is -1.30. The second-order valence-electron chi connectivity index (χ2n) is 4.82. The Balaban J connectivity index is 3.03. The molecule has 0 aliphatic carbocycles. The number of thioether (sulfide) groups is 1. The molecule has 0 fully saturated rings. The second-order valence-corrected chi connectivity index (χ2v) is 6.10. The van der Waals surface area contributed by atoms with E-state index in [0.717, 1.165) is 18.9 Å². The van der Waals surface area contributed by atoms with E-state index >= 15 is 0 Å². The third-order valence-electron chi connectivity index (χ3n) is 3.80. The molecule has 0 aliphatic heterocycles. The van der Waals surface area contributed by atoms with Crippen LogP contribution in [0.2, 0.25) is 0 Å². The Kier molecular flexibility index (Phi) is 5.80. The molecular weight excluding hydrogens is 279 g/mol. The molecule has 0 amide bonds. The number of nitro benzene ring substituents is 1. The van der Waals surface area contributed by atoms with Crippen LogP contribution in [-0.4, -0.2) is 22.5 Å². The Bertz CT molecular complexity index is 482. The summed E-state index contributed by atoms with van der Waals surface area (Å²) in [5, 5.41) is 14.1. The summed E-state index contributed by atoms with van der Waals surface area (Å²) in [4.78, 5) is 10.5. The lowest BCUT2D eigenvalue weighted by atomic mass is 10.0. The minimum Gasteiger partial charge on any atom is -0.378 e. The molecule has 0 aromatic heterocycles. The van der Waals surface area contributed by atoms with E-state index in [1.807, 2.05) is 6.26 Å². The Labute approximate surface area is 123 Å². The molecule has 0 atom stereocenters.